The van der Waals surface area contributed by atoms with Crippen LogP contribution in [0.2, 0.25) is 5.02 Å². The lowest BCUT2D eigenvalue weighted by molar-refractivity contribution is 0.407. The van der Waals surface area contributed by atoms with Crippen LogP contribution in [0.4, 0.5) is 4.39 Å². The summed E-state index contributed by atoms with van der Waals surface area (Å²) in [7, 11) is 1.57. The quantitative estimate of drug-likeness (QED) is 0.926. The SMILES string of the molecule is COc1ccc(C)cc1C(N)c1ccc(Cl)cc1F. The highest BCUT2D eigenvalue weighted by atomic mass is 35.5. The first-order valence-electron chi connectivity index (χ1n) is 5.88. The molecule has 0 bridgehead atoms. The second-order valence-corrected chi connectivity index (χ2v) is 4.83. The Morgan fingerprint density at radius 3 is 2.53 bits per heavy atom. The van der Waals surface area contributed by atoms with Gasteiger partial charge >= 0.3 is 0 Å². The molecule has 2 aromatic carbocycles. The van der Waals surface area contributed by atoms with Gasteiger partial charge in [0.1, 0.15) is 11.6 Å². The summed E-state index contributed by atoms with van der Waals surface area (Å²) in [5.41, 5.74) is 8.34. The third kappa shape index (κ3) is 2.88. The molecule has 100 valence electrons. The minimum absolute atomic E-state index is 0.352. The summed E-state index contributed by atoms with van der Waals surface area (Å²) in [6.45, 7) is 1.95. The predicted molar refractivity (Wildman–Crippen MR) is 75.2 cm³/mol. The normalized spacial score (nSPS) is 12.3. The fourth-order valence-corrected chi connectivity index (χ4v) is 2.18. The van der Waals surface area contributed by atoms with Crippen LogP contribution in [-0.2, 0) is 0 Å². The molecule has 0 radical (unpaired) electrons. The van der Waals surface area contributed by atoms with Gasteiger partial charge in [-0.2, -0.15) is 0 Å². The maximum absolute atomic E-state index is 13.9. The van der Waals surface area contributed by atoms with Gasteiger partial charge in [0.15, 0.2) is 0 Å². The molecule has 4 heteroatoms. The maximum Gasteiger partial charge on any atom is 0.129 e. The molecule has 0 saturated carbocycles. The number of hydrogen-bond donors (Lipinski definition) is 1. The van der Waals surface area contributed by atoms with Crippen LogP contribution in [0.1, 0.15) is 22.7 Å². The minimum Gasteiger partial charge on any atom is -0.496 e. The number of rotatable bonds is 3. The minimum atomic E-state index is -0.591. The highest BCUT2D eigenvalue weighted by Crippen LogP contribution is 2.31. The highest BCUT2D eigenvalue weighted by molar-refractivity contribution is 6.30. The van der Waals surface area contributed by atoms with E-state index in [1.807, 2.05) is 25.1 Å². The van der Waals surface area contributed by atoms with Crippen LogP contribution in [0.5, 0.6) is 5.75 Å². The third-order valence-corrected chi connectivity index (χ3v) is 3.25. The molecule has 1 unspecified atom stereocenters. The lowest BCUT2D eigenvalue weighted by atomic mass is 9.97. The Morgan fingerprint density at radius 2 is 1.89 bits per heavy atom. The van der Waals surface area contributed by atoms with Crippen molar-refractivity contribution < 1.29 is 9.13 Å². The Hall–Kier alpha value is -1.58. The van der Waals surface area contributed by atoms with Gasteiger partial charge in [-0.3, -0.25) is 0 Å². The topological polar surface area (TPSA) is 35.2 Å². The van der Waals surface area contributed by atoms with Crippen LogP contribution in [-0.4, -0.2) is 7.11 Å². The molecule has 2 nitrogen and oxygen atoms in total. The molecule has 0 amide bonds. The van der Waals surface area contributed by atoms with Gasteiger partial charge in [0, 0.05) is 16.1 Å². The molecule has 0 heterocycles. The van der Waals surface area contributed by atoms with Crippen molar-refractivity contribution >= 4 is 11.6 Å². The molecule has 0 saturated heterocycles. The van der Waals surface area contributed by atoms with Crippen LogP contribution in [0, 0.1) is 12.7 Å². The van der Waals surface area contributed by atoms with Crippen molar-refractivity contribution in [3.63, 3.8) is 0 Å². The van der Waals surface area contributed by atoms with Crippen LogP contribution in [0.25, 0.3) is 0 Å². The fourth-order valence-electron chi connectivity index (χ4n) is 2.02. The van der Waals surface area contributed by atoms with Crippen molar-refractivity contribution in [2.24, 2.45) is 5.73 Å². The first-order chi connectivity index (χ1) is 9.02. The lowest BCUT2D eigenvalue weighted by Gasteiger charge is -2.17. The van der Waals surface area contributed by atoms with Crippen molar-refractivity contribution in [3.05, 3.63) is 63.9 Å². The van der Waals surface area contributed by atoms with Crippen LogP contribution >= 0.6 is 11.6 Å². The number of benzene rings is 2. The van der Waals surface area contributed by atoms with E-state index in [0.717, 1.165) is 11.1 Å². The van der Waals surface area contributed by atoms with Crippen molar-refractivity contribution in [2.45, 2.75) is 13.0 Å². The summed E-state index contributed by atoms with van der Waals surface area (Å²) < 4.78 is 19.2. The first-order valence-corrected chi connectivity index (χ1v) is 6.26. The average molecular weight is 280 g/mol. The molecular weight excluding hydrogens is 265 g/mol. The fraction of sp³-hybridized carbons (Fsp3) is 0.200. The Morgan fingerprint density at radius 1 is 1.16 bits per heavy atom. The monoisotopic (exact) mass is 279 g/mol. The van der Waals surface area contributed by atoms with Gasteiger partial charge in [-0.15, -0.1) is 0 Å². The first kappa shape index (κ1) is 13.8. The second-order valence-electron chi connectivity index (χ2n) is 4.39. The summed E-state index contributed by atoms with van der Waals surface area (Å²) in [5, 5.41) is 0.352. The largest absolute Gasteiger partial charge is 0.496 e. The summed E-state index contributed by atoms with van der Waals surface area (Å²) >= 11 is 5.75. The van der Waals surface area contributed by atoms with Crippen molar-refractivity contribution in [1.82, 2.24) is 0 Å². The van der Waals surface area contributed by atoms with E-state index in [1.165, 1.54) is 6.07 Å². The van der Waals surface area contributed by atoms with Gasteiger partial charge in [-0.05, 0) is 25.1 Å². The summed E-state index contributed by atoms with van der Waals surface area (Å²) in [4.78, 5) is 0. The van der Waals surface area contributed by atoms with Crippen molar-refractivity contribution in [2.75, 3.05) is 7.11 Å². The van der Waals surface area contributed by atoms with E-state index < -0.39 is 11.9 Å². The molecule has 0 aliphatic carbocycles. The molecule has 0 fully saturated rings. The summed E-state index contributed by atoms with van der Waals surface area (Å²) in [6, 6.07) is 9.56. The van der Waals surface area contributed by atoms with E-state index in [-0.39, 0.29) is 0 Å². The number of ether oxygens (including phenoxy) is 1. The number of nitrogens with two attached hydrogens (primary N) is 1. The number of halogens is 2. The van der Waals surface area contributed by atoms with E-state index >= 15 is 0 Å². The Labute approximate surface area is 117 Å². The Kier molecular flexibility index (Phi) is 4.08. The van der Waals surface area contributed by atoms with E-state index in [0.29, 0.717) is 16.3 Å². The van der Waals surface area contributed by atoms with E-state index in [9.17, 15) is 4.39 Å². The third-order valence-electron chi connectivity index (χ3n) is 3.02. The average Bonchev–Trinajstić information content (AvgIpc) is 2.38. The van der Waals surface area contributed by atoms with Crippen molar-refractivity contribution in [1.29, 1.82) is 0 Å². The van der Waals surface area contributed by atoms with E-state index in [4.69, 9.17) is 22.1 Å². The molecule has 2 rings (SSSR count). The Balaban J connectivity index is 2.49. The standard InChI is InChI=1S/C15H15ClFNO/c1-9-3-6-14(19-2)12(7-9)15(18)11-5-4-10(16)8-13(11)17/h3-8,15H,18H2,1-2H3. The van der Waals surface area contributed by atoms with Crippen LogP contribution in [0.15, 0.2) is 36.4 Å². The zero-order chi connectivity index (χ0) is 14.0. The molecule has 19 heavy (non-hydrogen) atoms. The van der Waals surface area contributed by atoms with Gasteiger partial charge in [0.25, 0.3) is 0 Å². The molecule has 0 aromatic heterocycles. The highest BCUT2D eigenvalue weighted by Gasteiger charge is 2.17. The molecule has 0 spiro atoms. The van der Waals surface area contributed by atoms with Crippen LogP contribution < -0.4 is 10.5 Å². The summed E-state index contributed by atoms with van der Waals surface area (Å²) in [6.07, 6.45) is 0. The maximum atomic E-state index is 13.9. The van der Waals surface area contributed by atoms with Gasteiger partial charge < -0.3 is 10.5 Å². The molecule has 1 atom stereocenters. The second kappa shape index (κ2) is 5.59. The smallest absolute Gasteiger partial charge is 0.129 e. The molecule has 0 aliphatic heterocycles. The van der Waals surface area contributed by atoms with E-state index in [2.05, 4.69) is 0 Å². The number of aryl methyl sites for hydroxylation is 1. The summed E-state index contributed by atoms with van der Waals surface area (Å²) in [5.74, 6) is 0.232. The van der Waals surface area contributed by atoms with Gasteiger partial charge in [0.05, 0.1) is 13.2 Å². The number of methoxy groups -OCH3 is 1. The Bertz CT molecular complexity index is 601. The van der Waals surface area contributed by atoms with Gasteiger partial charge in [0.2, 0.25) is 0 Å². The molecule has 2 aromatic rings. The molecular formula is C15H15ClFNO. The van der Waals surface area contributed by atoms with Gasteiger partial charge in [-0.1, -0.05) is 35.4 Å². The van der Waals surface area contributed by atoms with Crippen molar-refractivity contribution in [3.8, 4) is 5.75 Å². The predicted octanol–water partition coefficient (Wildman–Crippen LogP) is 3.84. The molecule has 0 aliphatic rings. The molecule has 2 N–H and O–H groups in total. The zero-order valence-electron chi connectivity index (χ0n) is 10.8. The van der Waals surface area contributed by atoms with Gasteiger partial charge in [-0.25, -0.2) is 4.39 Å². The lowest BCUT2D eigenvalue weighted by Crippen LogP contribution is -2.15. The number of hydrogen-bond acceptors (Lipinski definition) is 2. The van der Waals surface area contributed by atoms with Crippen LogP contribution in [0.3, 0.4) is 0 Å². The zero-order valence-corrected chi connectivity index (χ0v) is 11.5. The van der Waals surface area contributed by atoms with E-state index in [1.54, 1.807) is 19.2 Å².